The van der Waals surface area contributed by atoms with Gasteiger partial charge in [0.15, 0.2) is 11.9 Å². The second-order valence-electron chi connectivity index (χ2n) is 6.36. The zero-order valence-electron chi connectivity index (χ0n) is 14.8. The molecule has 2 aromatic heterocycles. The van der Waals surface area contributed by atoms with E-state index in [9.17, 15) is 0 Å². The Kier molecular flexibility index (Phi) is 3.77. The standard InChI is InChI=1S/C22H21N3/c1-16-9-6-7-14-24(16)20-12-8-13-21(18(20)3)25-17(2)15-23-19-10-4-5-11-22(19)25/h4-15H,1-3H3/q+2. The first-order chi connectivity index (χ1) is 12.2. The smallest absolute Gasteiger partial charge is 0.237 e. The Bertz CT molecular complexity index is 1080. The van der Waals surface area contributed by atoms with Gasteiger partial charge >= 0.3 is 0 Å². The molecule has 3 heteroatoms. The summed E-state index contributed by atoms with van der Waals surface area (Å²) in [6.07, 6.45) is 4.05. The van der Waals surface area contributed by atoms with E-state index in [1.54, 1.807) is 0 Å². The molecule has 122 valence electrons. The largest absolute Gasteiger partial charge is 0.243 e. The highest BCUT2D eigenvalue weighted by atomic mass is 15.0. The van der Waals surface area contributed by atoms with Crippen molar-refractivity contribution in [2.45, 2.75) is 20.8 Å². The van der Waals surface area contributed by atoms with Gasteiger partial charge in [0.05, 0.1) is 11.8 Å². The summed E-state index contributed by atoms with van der Waals surface area (Å²) >= 11 is 0. The molecule has 0 fully saturated rings. The van der Waals surface area contributed by atoms with Gasteiger partial charge in [-0.05, 0) is 19.1 Å². The fourth-order valence-corrected chi connectivity index (χ4v) is 3.41. The zero-order chi connectivity index (χ0) is 17.4. The lowest BCUT2D eigenvalue weighted by molar-refractivity contribution is -0.605. The molecule has 0 N–H and O–H groups in total. The van der Waals surface area contributed by atoms with Crippen molar-refractivity contribution in [3.63, 3.8) is 0 Å². The van der Waals surface area contributed by atoms with Crippen molar-refractivity contribution in [3.8, 4) is 11.4 Å². The molecule has 0 aliphatic heterocycles. The highest BCUT2D eigenvalue weighted by Gasteiger charge is 2.24. The van der Waals surface area contributed by atoms with E-state index in [-0.39, 0.29) is 0 Å². The molecule has 0 unspecified atom stereocenters. The van der Waals surface area contributed by atoms with Gasteiger partial charge < -0.3 is 0 Å². The van der Waals surface area contributed by atoms with Crippen LogP contribution in [0.3, 0.4) is 0 Å². The second-order valence-corrected chi connectivity index (χ2v) is 6.36. The molecule has 0 aliphatic rings. The number of pyridine rings is 1. The molecular formula is C22H21N3+2. The number of rotatable bonds is 2. The maximum absolute atomic E-state index is 4.57. The predicted octanol–water partition coefficient (Wildman–Crippen LogP) is 3.71. The van der Waals surface area contributed by atoms with Crippen LogP contribution in [0.2, 0.25) is 0 Å². The maximum atomic E-state index is 4.57. The van der Waals surface area contributed by atoms with Crippen LogP contribution in [-0.4, -0.2) is 4.98 Å². The van der Waals surface area contributed by atoms with E-state index in [4.69, 9.17) is 0 Å². The Morgan fingerprint density at radius 3 is 2.32 bits per heavy atom. The van der Waals surface area contributed by atoms with E-state index in [2.05, 4.69) is 95.7 Å². The third-order valence-corrected chi connectivity index (χ3v) is 4.71. The number of aromatic nitrogens is 3. The van der Waals surface area contributed by atoms with E-state index in [1.165, 1.54) is 22.6 Å². The minimum atomic E-state index is 1.00. The number of hydrogen-bond donors (Lipinski definition) is 0. The van der Waals surface area contributed by atoms with Crippen LogP contribution in [0, 0.1) is 20.8 Å². The summed E-state index contributed by atoms with van der Waals surface area (Å²) in [5, 5.41) is 0. The van der Waals surface area contributed by atoms with Crippen molar-refractivity contribution >= 4 is 11.0 Å². The molecule has 3 nitrogen and oxygen atoms in total. The highest BCUT2D eigenvalue weighted by molar-refractivity contribution is 5.71. The summed E-state index contributed by atoms with van der Waals surface area (Å²) in [7, 11) is 0. The lowest BCUT2D eigenvalue weighted by Crippen LogP contribution is -2.39. The molecular weight excluding hydrogens is 306 g/mol. The molecule has 0 aliphatic carbocycles. The molecule has 0 saturated carbocycles. The number of hydrogen-bond acceptors (Lipinski definition) is 1. The van der Waals surface area contributed by atoms with Gasteiger partial charge in [0.1, 0.15) is 5.52 Å². The van der Waals surface area contributed by atoms with Crippen molar-refractivity contribution in [2.24, 2.45) is 0 Å². The quantitative estimate of drug-likeness (QED) is 0.514. The van der Waals surface area contributed by atoms with Crippen LogP contribution in [0.1, 0.15) is 17.0 Å². The minimum Gasteiger partial charge on any atom is -0.243 e. The van der Waals surface area contributed by atoms with Crippen molar-refractivity contribution in [1.29, 1.82) is 0 Å². The van der Waals surface area contributed by atoms with Crippen molar-refractivity contribution < 1.29 is 9.13 Å². The SMILES string of the molecule is Cc1c(-[n+]2ccccc2C)cccc1-[n+]1c(C)cnc2ccccc21. The Morgan fingerprint density at radius 2 is 1.48 bits per heavy atom. The Morgan fingerprint density at radius 1 is 0.720 bits per heavy atom. The fourth-order valence-electron chi connectivity index (χ4n) is 3.41. The number of fused-ring (bicyclic) bond motifs is 1. The van der Waals surface area contributed by atoms with Gasteiger partial charge in [-0.15, -0.1) is 0 Å². The van der Waals surface area contributed by atoms with E-state index in [0.29, 0.717) is 0 Å². The molecule has 4 rings (SSSR count). The molecule has 0 radical (unpaired) electrons. The minimum absolute atomic E-state index is 1.00. The first kappa shape index (κ1) is 15.5. The van der Waals surface area contributed by atoms with Gasteiger partial charge in [-0.3, -0.25) is 0 Å². The van der Waals surface area contributed by atoms with Gasteiger partial charge in [-0.2, -0.15) is 9.13 Å². The van der Waals surface area contributed by atoms with Gasteiger partial charge in [0.25, 0.3) is 0 Å². The Labute approximate surface area is 147 Å². The second kappa shape index (κ2) is 6.10. The van der Waals surface area contributed by atoms with Crippen LogP contribution in [0.15, 0.2) is 73.1 Å². The lowest BCUT2D eigenvalue weighted by Gasteiger charge is -2.08. The zero-order valence-corrected chi connectivity index (χ0v) is 14.8. The topological polar surface area (TPSA) is 20.6 Å². The summed E-state index contributed by atoms with van der Waals surface area (Å²) in [5.74, 6) is 0. The van der Waals surface area contributed by atoms with E-state index in [0.717, 1.165) is 16.7 Å². The Balaban J connectivity index is 2.02. The molecule has 2 aromatic carbocycles. The first-order valence-electron chi connectivity index (χ1n) is 8.51. The number of nitrogens with zero attached hydrogens (tertiary/aromatic N) is 3. The molecule has 0 bridgehead atoms. The third kappa shape index (κ3) is 2.58. The summed E-state index contributed by atoms with van der Waals surface area (Å²) in [5.41, 5.74) is 8.08. The maximum Gasteiger partial charge on any atom is 0.237 e. The molecule has 4 aromatic rings. The van der Waals surface area contributed by atoms with Gasteiger partial charge in [-0.25, -0.2) is 4.98 Å². The Hall–Kier alpha value is -3.07. The van der Waals surface area contributed by atoms with Crippen LogP contribution < -0.4 is 9.13 Å². The van der Waals surface area contributed by atoms with Gasteiger partial charge in [0.2, 0.25) is 22.6 Å². The van der Waals surface area contributed by atoms with Crippen molar-refractivity contribution in [3.05, 3.63) is 90.0 Å². The molecule has 25 heavy (non-hydrogen) atoms. The summed E-state index contributed by atoms with van der Waals surface area (Å²) < 4.78 is 4.53. The average Bonchev–Trinajstić information content (AvgIpc) is 2.63. The van der Waals surface area contributed by atoms with Crippen LogP contribution in [0.4, 0.5) is 0 Å². The van der Waals surface area contributed by atoms with E-state index in [1.807, 2.05) is 12.3 Å². The third-order valence-electron chi connectivity index (χ3n) is 4.71. The summed E-state index contributed by atoms with van der Waals surface area (Å²) in [6.45, 7) is 6.42. The van der Waals surface area contributed by atoms with Crippen LogP contribution in [-0.2, 0) is 0 Å². The highest BCUT2D eigenvalue weighted by Crippen LogP contribution is 2.18. The van der Waals surface area contributed by atoms with E-state index < -0.39 is 0 Å². The molecule has 0 atom stereocenters. The van der Waals surface area contributed by atoms with Gasteiger partial charge in [0, 0.05) is 44.2 Å². The average molecular weight is 327 g/mol. The van der Waals surface area contributed by atoms with E-state index >= 15 is 0 Å². The van der Waals surface area contributed by atoms with Crippen LogP contribution in [0.25, 0.3) is 22.4 Å². The number of benzene rings is 2. The van der Waals surface area contributed by atoms with Crippen LogP contribution in [0.5, 0.6) is 0 Å². The van der Waals surface area contributed by atoms with Gasteiger partial charge in [-0.1, -0.05) is 18.2 Å². The number of para-hydroxylation sites is 2. The summed E-state index contributed by atoms with van der Waals surface area (Å²) in [6, 6.07) is 21.0. The monoisotopic (exact) mass is 327 g/mol. The first-order valence-corrected chi connectivity index (χ1v) is 8.51. The van der Waals surface area contributed by atoms with Crippen molar-refractivity contribution in [1.82, 2.24) is 4.98 Å². The van der Waals surface area contributed by atoms with Crippen LogP contribution >= 0.6 is 0 Å². The molecule has 0 amide bonds. The normalized spacial score (nSPS) is 11.0. The number of aryl methyl sites for hydroxylation is 2. The molecule has 0 saturated heterocycles. The fraction of sp³-hybridized carbons (Fsp3) is 0.136. The lowest BCUT2D eigenvalue weighted by atomic mass is 10.1. The van der Waals surface area contributed by atoms with Crippen molar-refractivity contribution in [2.75, 3.05) is 0 Å². The summed E-state index contributed by atoms with van der Waals surface area (Å²) in [4.78, 5) is 4.57. The molecule has 0 spiro atoms. The molecule has 2 heterocycles. The predicted molar refractivity (Wildman–Crippen MR) is 99.0 cm³/mol.